The van der Waals surface area contributed by atoms with Crippen LogP contribution in [0.2, 0.25) is 0 Å². The molecule has 2 aromatic rings. The van der Waals surface area contributed by atoms with Crippen molar-refractivity contribution in [1.29, 1.82) is 0 Å². The van der Waals surface area contributed by atoms with E-state index < -0.39 is 0 Å². The topological polar surface area (TPSA) is 50.4 Å². The van der Waals surface area contributed by atoms with E-state index in [9.17, 15) is 9.18 Å². The number of ether oxygens (including phenoxy) is 1. The summed E-state index contributed by atoms with van der Waals surface area (Å²) in [5, 5.41) is 6.16. The van der Waals surface area contributed by atoms with Gasteiger partial charge in [-0.1, -0.05) is 24.3 Å². The molecule has 2 aromatic carbocycles. The maximum absolute atomic E-state index is 13.6. The molecule has 3 rings (SSSR count). The fourth-order valence-corrected chi connectivity index (χ4v) is 2.80. The molecule has 0 spiro atoms. The fourth-order valence-electron chi connectivity index (χ4n) is 2.80. The second kappa shape index (κ2) is 7.45. The highest BCUT2D eigenvalue weighted by atomic mass is 19.1. The molecular formula is C19H21FN2O2. The molecule has 5 heteroatoms. The van der Waals surface area contributed by atoms with E-state index in [1.54, 1.807) is 24.3 Å². The Balaban J connectivity index is 1.62. The van der Waals surface area contributed by atoms with Crippen LogP contribution in [0.3, 0.4) is 0 Å². The normalized spacial score (nSPS) is 19.9. The van der Waals surface area contributed by atoms with E-state index in [1.807, 2.05) is 25.1 Å². The van der Waals surface area contributed by atoms with E-state index in [2.05, 4.69) is 10.6 Å². The SMILES string of the molecule is CC1OCCC1Nc1cccc(C(=O)NCc2ccccc2F)c1. The van der Waals surface area contributed by atoms with Gasteiger partial charge in [-0.25, -0.2) is 4.39 Å². The first kappa shape index (κ1) is 16.5. The van der Waals surface area contributed by atoms with Gasteiger partial charge in [-0.3, -0.25) is 4.79 Å². The summed E-state index contributed by atoms with van der Waals surface area (Å²) in [7, 11) is 0. The van der Waals surface area contributed by atoms with Crippen LogP contribution in [0.4, 0.5) is 10.1 Å². The summed E-state index contributed by atoms with van der Waals surface area (Å²) in [5.74, 6) is -0.541. The second-order valence-electron chi connectivity index (χ2n) is 5.97. The Kier molecular flexibility index (Phi) is 5.11. The summed E-state index contributed by atoms with van der Waals surface area (Å²) < 4.78 is 19.1. The maximum atomic E-state index is 13.6. The molecule has 1 saturated heterocycles. The van der Waals surface area contributed by atoms with Gasteiger partial charge >= 0.3 is 0 Å². The van der Waals surface area contributed by atoms with Crippen LogP contribution in [0.5, 0.6) is 0 Å². The summed E-state index contributed by atoms with van der Waals surface area (Å²) in [4.78, 5) is 12.3. The molecule has 0 saturated carbocycles. The highest BCUT2D eigenvalue weighted by Crippen LogP contribution is 2.19. The van der Waals surface area contributed by atoms with Gasteiger partial charge in [0.15, 0.2) is 0 Å². The molecule has 0 aromatic heterocycles. The molecule has 1 fully saturated rings. The van der Waals surface area contributed by atoms with Crippen molar-refractivity contribution in [3.63, 3.8) is 0 Å². The van der Waals surface area contributed by atoms with Gasteiger partial charge in [0.2, 0.25) is 0 Å². The van der Waals surface area contributed by atoms with Crippen molar-refractivity contribution in [2.75, 3.05) is 11.9 Å². The summed E-state index contributed by atoms with van der Waals surface area (Å²) in [6.45, 7) is 2.95. The van der Waals surface area contributed by atoms with Gasteiger partial charge in [0.1, 0.15) is 5.82 Å². The molecule has 0 radical (unpaired) electrons. The molecule has 2 N–H and O–H groups in total. The Labute approximate surface area is 141 Å². The van der Waals surface area contributed by atoms with Crippen LogP contribution in [0.15, 0.2) is 48.5 Å². The summed E-state index contributed by atoms with van der Waals surface area (Å²) in [6.07, 6.45) is 1.11. The lowest BCUT2D eigenvalue weighted by Gasteiger charge is -2.17. The third-order valence-electron chi connectivity index (χ3n) is 4.25. The van der Waals surface area contributed by atoms with E-state index >= 15 is 0 Å². The van der Waals surface area contributed by atoms with Crippen LogP contribution in [0.1, 0.15) is 29.3 Å². The lowest BCUT2D eigenvalue weighted by Crippen LogP contribution is -2.27. The van der Waals surface area contributed by atoms with E-state index in [4.69, 9.17) is 4.74 Å². The number of carbonyl (C=O) groups excluding carboxylic acids is 1. The number of hydrogen-bond donors (Lipinski definition) is 2. The van der Waals surface area contributed by atoms with Crippen molar-refractivity contribution in [2.45, 2.75) is 32.0 Å². The van der Waals surface area contributed by atoms with Crippen molar-refractivity contribution >= 4 is 11.6 Å². The van der Waals surface area contributed by atoms with Gasteiger partial charge in [0, 0.05) is 30.0 Å². The van der Waals surface area contributed by atoms with Crippen LogP contribution in [0.25, 0.3) is 0 Å². The predicted molar refractivity (Wildman–Crippen MR) is 91.5 cm³/mol. The average Bonchev–Trinajstić information content (AvgIpc) is 2.99. The highest BCUT2D eigenvalue weighted by molar-refractivity contribution is 5.95. The van der Waals surface area contributed by atoms with Gasteiger partial charge in [0.05, 0.1) is 12.1 Å². The molecule has 1 amide bonds. The van der Waals surface area contributed by atoms with E-state index in [1.165, 1.54) is 6.07 Å². The third kappa shape index (κ3) is 3.92. The number of amides is 1. The molecule has 24 heavy (non-hydrogen) atoms. The zero-order valence-electron chi connectivity index (χ0n) is 13.6. The van der Waals surface area contributed by atoms with E-state index in [0.29, 0.717) is 11.1 Å². The average molecular weight is 328 g/mol. The standard InChI is InChI=1S/C19H21FN2O2/c1-13-18(9-10-24-13)22-16-7-4-6-14(11-16)19(23)21-12-15-5-2-3-8-17(15)20/h2-8,11,13,18,22H,9-10,12H2,1H3,(H,21,23). The first-order valence-electron chi connectivity index (χ1n) is 8.13. The fraction of sp³-hybridized carbons (Fsp3) is 0.316. The lowest BCUT2D eigenvalue weighted by atomic mass is 10.1. The van der Waals surface area contributed by atoms with Crippen LogP contribution in [-0.4, -0.2) is 24.7 Å². The molecule has 126 valence electrons. The lowest BCUT2D eigenvalue weighted by molar-refractivity contribution is 0.0950. The molecule has 1 aliphatic heterocycles. The molecule has 2 unspecified atom stereocenters. The smallest absolute Gasteiger partial charge is 0.251 e. The molecule has 2 atom stereocenters. The Morgan fingerprint density at radius 2 is 2.08 bits per heavy atom. The monoisotopic (exact) mass is 328 g/mol. The molecule has 0 aliphatic carbocycles. The number of rotatable bonds is 5. The zero-order chi connectivity index (χ0) is 16.9. The minimum atomic E-state index is -0.316. The predicted octanol–water partition coefficient (Wildman–Crippen LogP) is 3.35. The van der Waals surface area contributed by atoms with Crippen LogP contribution in [-0.2, 0) is 11.3 Å². The molecule has 0 bridgehead atoms. The van der Waals surface area contributed by atoms with E-state index in [0.717, 1.165) is 18.7 Å². The number of nitrogens with one attached hydrogen (secondary N) is 2. The van der Waals surface area contributed by atoms with Crippen molar-refractivity contribution in [2.24, 2.45) is 0 Å². The van der Waals surface area contributed by atoms with Crippen molar-refractivity contribution in [3.8, 4) is 0 Å². The van der Waals surface area contributed by atoms with Gasteiger partial charge in [-0.05, 0) is 37.6 Å². The Bertz CT molecular complexity index is 720. The van der Waals surface area contributed by atoms with Crippen molar-refractivity contribution in [1.82, 2.24) is 5.32 Å². The largest absolute Gasteiger partial charge is 0.380 e. The van der Waals surface area contributed by atoms with Gasteiger partial charge in [-0.2, -0.15) is 0 Å². The number of anilines is 1. The van der Waals surface area contributed by atoms with Gasteiger partial charge in [0.25, 0.3) is 5.91 Å². The van der Waals surface area contributed by atoms with Gasteiger partial charge < -0.3 is 15.4 Å². The first-order chi connectivity index (χ1) is 11.6. The second-order valence-corrected chi connectivity index (χ2v) is 5.97. The molecular weight excluding hydrogens is 307 g/mol. The number of benzene rings is 2. The van der Waals surface area contributed by atoms with Crippen molar-refractivity contribution < 1.29 is 13.9 Å². The first-order valence-corrected chi connectivity index (χ1v) is 8.13. The third-order valence-corrected chi connectivity index (χ3v) is 4.25. The van der Waals surface area contributed by atoms with Crippen LogP contribution >= 0.6 is 0 Å². The Morgan fingerprint density at radius 3 is 2.83 bits per heavy atom. The van der Waals surface area contributed by atoms with E-state index in [-0.39, 0.29) is 30.4 Å². The van der Waals surface area contributed by atoms with Crippen LogP contribution in [0, 0.1) is 5.82 Å². The number of carbonyl (C=O) groups is 1. The zero-order valence-corrected chi connectivity index (χ0v) is 13.6. The quantitative estimate of drug-likeness (QED) is 0.885. The minimum absolute atomic E-state index is 0.156. The van der Waals surface area contributed by atoms with Crippen molar-refractivity contribution in [3.05, 3.63) is 65.5 Å². The molecule has 4 nitrogen and oxygen atoms in total. The van der Waals surface area contributed by atoms with Crippen LogP contribution < -0.4 is 10.6 Å². The van der Waals surface area contributed by atoms with Gasteiger partial charge in [-0.15, -0.1) is 0 Å². The minimum Gasteiger partial charge on any atom is -0.380 e. The summed E-state index contributed by atoms with van der Waals surface area (Å²) in [6, 6.07) is 14.0. The molecule has 1 aliphatic rings. The summed E-state index contributed by atoms with van der Waals surface area (Å²) in [5.41, 5.74) is 1.90. The molecule has 1 heterocycles. The number of halogens is 1. The summed E-state index contributed by atoms with van der Waals surface area (Å²) >= 11 is 0. The Hall–Kier alpha value is -2.40. The highest BCUT2D eigenvalue weighted by Gasteiger charge is 2.23. The Morgan fingerprint density at radius 1 is 1.25 bits per heavy atom. The maximum Gasteiger partial charge on any atom is 0.251 e. The number of hydrogen-bond acceptors (Lipinski definition) is 3.